The lowest BCUT2D eigenvalue weighted by molar-refractivity contribution is 0.102. The summed E-state index contributed by atoms with van der Waals surface area (Å²) < 4.78 is 0.874. The van der Waals surface area contributed by atoms with Crippen molar-refractivity contribution in [1.82, 2.24) is 0 Å². The standard InChI is InChI=1S/C13H10BrNO.HI/c14-11-8-4-5-9-12(11)15-13(16)10-6-2-1-3-7-10;/h1-9H,(H,15,16);1H. The maximum absolute atomic E-state index is 11.8. The van der Waals surface area contributed by atoms with E-state index < -0.39 is 0 Å². The fraction of sp³-hybridized carbons (Fsp3) is 0. The Morgan fingerprint density at radius 3 is 2.18 bits per heavy atom. The van der Waals surface area contributed by atoms with Crippen LogP contribution in [0, 0.1) is 0 Å². The van der Waals surface area contributed by atoms with Crippen LogP contribution in [0.25, 0.3) is 0 Å². The molecule has 0 aliphatic rings. The minimum Gasteiger partial charge on any atom is -0.321 e. The summed E-state index contributed by atoms with van der Waals surface area (Å²) >= 11 is 3.38. The molecule has 0 fully saturated rings. The number of nitrogens with one attached hydrogen (secondary N) is 1. The van der Waals surface area contributed by atoms with E-state index in [2.05, 4.69) is 21.2 Å². The number of rotatable bonds is 2. The van der Waals surface area contributed by atoms with E-state index in [0.717, 1.165) is 10.2 Å². The Morgan fingerprint density at radius 1 is 0.941 bits per heavy atom. The molecule has 0 aromatic heterocycles. The van der Waals surface area contributed by atoms with E-state index in [1.807, 2.05) is 42.5 Å². The van der Waals surface area contributed by atoms with Crippen LogP contribution in [0.2, 0.25) is 0 Å². The molecule has 0 unspecified atom stereocenters. The highest BCUT2D eigenvalue weighted by molar-refractivity contribution is 14.0. The monoisotopic (exact) mass is 403 g/mol. The summed E-state index contributed by atoms with van der Waals surface area (Å²) in [7, 11) is 0. The van der Waals surface area contributed by atoms with Crippen molar-refractivity contribution in [2.75, 3.05) is 5.32 Å². The summed E-state index contributed by atoms with van der Waals surface area (Å²) in [6.07, 6.45) is 0. The predicted molar refractivity (Wildman–Crippen MR) is 84.0 cm³/mol. The van der Waals surface area contributed by atoms with Gasteiger partial charge >= 0.3 is 0 Å². The molecule has 1 amide bonds. The quantitative estimate of drug-likeness (QED) is 0.743. The van der Waals surface area contributed by atoms with E-state index in [0.29, 0.717) is 5.56 Å². The maximum atomic E-state index is 11.8. The minimum atomic E-state index is -0.104. The van der Waals surface area contributed by atoms with Crippen LogP contribution in [0.5, 0.6) is 0 Å². The van der Waals surface area contributed by atoms with Crippen LogP contribution in [0.15, 0.2) is 59.1 Å². The Balaban J connectivity index is 0.00000144. The van der Waals surface area contributed by atoms with Gasteiger partial charge < -0.3 is 5.32 Å². The van der Waals surface area contributed by atoms with Crippen molar-refractivity contribution in [3.63, 3.8) is 0 Å². The van der Waals surface area contributed by atoms with Gasteiger partial charge in [-0.05, 0) is 40.2 Å². The number of hydrogen-bond acceptors (Lipinski definition) is 1. The number of halogens is 2. The number of amides is 1. The second-order valence-corrected chi connectivity index (χ2v) is 4.15. The van der Waals surface area contributed by atoms with Crippen LogP contribution in [0.3, 0.4) is 0 Å². The van der Waals surface area contributed by atoms with Crippen LogP contribution in [0.1, 0.15) is 10.4 Å². The van der Waals surface area contributed by atoms with Crippen LogP contribution in [0.4, 0.5) is 5.69 Å². The third-order valence-corrected chi connectivity index (χ3v) is 2.85. The molecule has 0 radical (unpaired) electrons. The van der Waals surface area contributed by atoms with Gasteiger partial charge in [0, 0.05) is 10.0 Å². The average molecular weight is 404 g/mol. The molecular formula is C13H11BrINO. The number of para-hydroxylation sites is 1. The summed E-state index contributed by atoms with van der Waals surface area (Å²) in [6, 6.07) is 16.7. The summed E-state index contributed by atoms with van der Waals surface area (Å²) in [4.78, 5) is 11.8. The Hall–Kier alpha value is -0.880. The van der Waals surface area contributed by atoms with Crippen molar-refractivity contribution in [3.8, 4) is 0 Å². The minimum absolute atomic E-state index is 0. The lowest BCUT2D eigenvalue weighted by Gasteiger charge is -2.06. The molecule has 2 nitrogen and oxygen atoms in total. The molecule has 0 saturated carbocycles. The van der Waals surface area contributed by atoms with Crippen molar-refractivity contribution in [2.45, 2.75) is 0 Å². The molecule has 0 atom stereocenters. The fourth-order valence-electron chi connectivity index (χ4n) is 1.35. The zero-order chi connectivity index (χ0) is 11.4. The molecule has 0 heterocycles. The van der Waals surface area contributed by atoms with Crippen molar-refractivity contribution in [3.05, 3.63) is 64.6 Å². The zero-order valence-electron chi connectivity index (χ0n) is 8.89. The molecule has 0 aliphatic heterocycles. The average Bonchev–Trinajstić information content (AvgIpc) is 2.33. The van der Waals surface area contributed by atoms with E-state index in [9.17, 15) is 4.79 Å². The van der Waals surface area contributed by atoms with Crippen LogP contribution >= 0.6 is 39.9 Å². The van der Waals surface area contributed by atoms with Gasteiger partial charge in [0.15, 0.2) is 0 Å². The molecular weight excluding hydrogens is 393 g/mol. The molecule has 4 heteroatoms. The third-order valence-electron chi connectivity index (χ3n) is 2.16. The first-order chi connectivity index (χ1) is 7.77. The summed E-state index contributed by atoms with van der Waals surface area (Å²) in [6.45, 7) is 0. The molecule has 0 spiro atoms. The van der Waals surface area contributed by atoms with E-state index >= 15 is 0 Å². The van der Waals surface area contributed by atoms with E-state index in [-0.39, 0.29) is 29.9 Å². The van der Waals surface area contributed by atoms with Gasteiger partial charge in [0.25, 0.3) is 5.91 Å². The summed E-state index contributed by atoms with van der Waals surface area (Å²) in [5.41, 5.74) is 1.43. The Kier molecular flexibility index (Phi) is 5.64. The molecule has 0 bridgehead atoms. The molecule has 0 saturated heterocycles. The van der Waals surface area contributed by atoms with Gasteiger partial charge in [0.1, 0.15) is 0 Å². The second kappa shape index (κ2) is 6.76. The highest BCUT2D eigenvalue weighted by Gasteiger charge is 2.06. The van der Waals surface area contributed by atoms with Gasteiger partial charge in [-0.2, -0.15) is 0 Å². The van der Waals surface area contributed by atoms with Gasteiger partial charge in [0.2, 0.25) is 0 Å². The second-order valence-electron chi connectivity index (χ2n) is 3.30. The van der Waals surface area contributed by atoms with Gasteiger partial charge in [-0.3, -0.25) is 4.79 Å². The lowest BCUT2D eigenvalue weighted by Crippen LogP contribution is -2.11. The van der Waals surface area contributed by atoms with E-state index in [4.69, 9.17) is 0 Å². The molecule has 1 N–H and O–H groups in total. The van der Waals surface area contributed by atoms with Gasteiger partial charge in [-0.15, -0.1) is 24.0 Å². The summed E-state index contributed by atoms with van der Waals surface area (Å²) in [5, 5.41) is 2.84. The largest absolute Gasteiger partial charge is 0.321 e. The predicted octanol–water partition coefficient (Wildman–Crippen LogP) is 4.32. The van der Waals surface area contributed by atoms with Crippen molar-refractivity contribution in [1.29, 1.82) is 0 Å². The van der Waals surface area contributed by atoms with Crippen LogP contribution in [-0.2, 0) is 0 Å². The first kappa shape index (κ1) is 14.2. The van der Waals surface area contributed by atoms with Crippen molar-refractivity contribution < 1.29 is 4.79 Å². The van der Waals surface area contributed by atoms with Crippen LogP contribution in [-0.4, -0.2) is 5.91 Å². The Bertz CT molecular complexity index is 502. The zero-order valence-corrected chi connectivity index (χ0v) is 12.8. The van der Waals surface area contributed by atoms with Gasteiger partial charge in [-0.25, -0.2) is 0 Å². The number of carbonyl (C=O) groups is 1. The van der Waals surface area contributed by atoms with E-state index in [1.54, 1.807) is 12.1 Å². The number of benzene rings is 2. The first-order valence-corrected chi connectivity index (χ1v) is 5.67. The molecule has 0 aliphatic carbocycles. The normalized spacial score (nSPS) is 9.24. The molecule has 88 valence electrons. The molecule has 2 rings (SSSR count). The maximum Gasteiger partial charge on any atom is 0.255 e. The summed E-state index contributed by atoms with van der Waals surface area (Å²) in [5.74, 6) is -0.104. The Labute approximate surface area is 126 Å². The molecule has 2 aromatic carbocycles. The van der Waals surface area contributed by atoms with Gasteiger partial charge in [0.05, 0.1) is 5.69 Å². The third kappa shape index (κ3) is 3.81. The number of hydrogen-bond donors (Lipinski definition) is 1. The van der Waals surface area contributed by atoms with Crippen LogP contribution < -0.4 is 5.32 Å². The SMILES string of the molecule is I.O=C(Nc1ccccc1Br)c1ccccc1. The number of carbonyl (C=O) groups excluding carboxylic acids is 1. The highest BCUT2D eigenvalue weighted by atomic mass is 127. The van der Waals surface area contributed by atoms with Crippen molar-refractivity contribution in [2.24, 2.45) is 0 Å². The molecule has 17 heavy (non-hydrogen) atoms. The first-order valence-electron chi connectivity index (χ1n) is 4.88. The van der Waals surface area contributed by atoms with Gasteiger partial charge in [-0.1, -0.05) is 30.3 Å². The molecule has 2 aromatic rings. The topological polar surface area (TPSA) is 29.1 Å². The number of anilines is 1. The smallest absolute Gasteiger partial charge is 0.255 e. The Morgan fingerprint density at radius 2 is 1.53 bits per heavy atom. The lowest BCUT2D eigenvalue weighted by atomic mass is 10.2. The highest BCUT2D eigenvalue weighted by Crippen LogP contribution is 2.21. The fourth-order valence-corrected chi connectivity index (χ4v) is 1.73. The van der Waals surface area contributed by atoms with E-state index in [1.165, 1.54) is 0 Å². The van der Waals surface area contributed by atoms with Crippen molar-refractivity contribution >= 4 is 51.5 Å².